The maximum absolute atomic E-state index is 11.4. The number of nitrogens with one attached hydrogen (secondary N) is 1. The Morgan fingerprint density at radius 2 is 2.24 bits per heavy atom. The number of carbonyl (C=O) groups is 1. The summed E-state index contributed by atoms with van der Waals surface area (Å²) in [7, 11) is 0. The molecule has 92 valence electrons. The monoisotopic (exact) mass is 254 g/mol. The smallest absolute Gasteiger partial charge is 0.238 e. The third-order valence-corrected chi connectivity index (χ3v) is 2.83. The van der Waals surface area contributed by atoms with E-state index in [0.717, 1.165) is 11.3 Å². The molecule has 0 radical (unpaired) electrons. The first-order chi connectivity index (χ1) is 8.20. The van der Waals surface area contributed by atoms with Crippen molar-refractivity contribution in [2.45, 2.75) is 12.6 Å². The second kappa shape index (κ2) is 5.29. The van der Waals surface area contributed by atoms with Gasteiger partial charge in [0.2, 0.25) is 12.7 Å². The van der Waals surface area contributed by atoms with Crippen molar-refractivity contribution in [1.29, 1.82) is 0 Å². The minimum Gasteiger partial charge on any atom is -0.454 e. The van der Waals surface area contributed by atoms with E-state index in [-0.39, 0.29) is 12.7 Å². The molecule has 0 bridgehead atoms. The third kappa shape index (κ3) is 2.83. The number of nitrogens with two attached hydrogens (primary N) is 1. The normalized spacial score (nSPS) is 14.5. The highest BCUT2D eigenvalue weighted by Gasteiger charge is 2.14. The SMILES string of the molecule is NC(CS)C(=O)NCc1ccc2c(c1)OCO2. The summed E-state index contributed by atoms with van der Waals surface area (Å²) in [6.07, 6.45) is 0. The fourth-order valence-electron chi connectivity index (χ4n) is 1.45. The largest absolute Gasteiger partial charge is 0.454 e. The van der Waals surface area contributed by atoms with E-state index in [9.17, 15) is 4.79 Å². The Morgan fingerprint density at radius 3 is 3.00 bits per heavy atom. The van der Waals surface area contributed by atoms with Crippen LogP contribution in [0.15, 0.2) is 18.2 Å². The van der Waals surface area contributed by atoms with Gasteiger partial charge in [-0.25, -0.2) is 0 Å². The van der Waals surface area contributed by atoms with Crippen LogP contribution in [0.3, 0.4) is 0 Å². The number of benzene rings is 1. The van der Waals surface area contributed by atoms with Crippen LogP contribution in [0.5, 0.6) is 11.5 Å². The van der Waals surface area contributed by atoms with Crippen LogP contribution in [-0.2, 0) is 11.3 Å². The van der Waals surface area contributed by atoms with Crippen molar-refractivity contribution in [3.05, 3.63) is 23.8 Å². The Balaban J connectivity index is 1.93. The third-order valence-electron chi connectivity index (χ3n) is 2.44. The highest BCUT2D eigenvalue weighted by atomic mass is 32.1. The molecule has 0 aromatic heterocycles. The first-order valence-corrected chi connectivity index (χ1v) is 5.86. The predicted octanol–water partition coefficient (Wildman–Crippen LogP) is 0.289. The summed E-state index contributed by atoms with van der Waals surface area (Å²) in [6, 6.07) is 4.96. The summed E-state index contributed by atoms with van der Waals surface area (Å²) in [6.45, 7) is 0.659. The predicted molar refractivity (Wildman–Crippen MR) is 66.2 cm³/mol. The van der Waals surface area contributed by atoms with Gasteiger partial charge in [0.1, 0.15) is 0 Å². The maximum Gasteiger partial charge on any atom is 0.238 e. The van der Waals surface area contributed by atoms with E-state index in [2.05, 4.69) is 17.9 Å². The van der Waals surface area contributed by atoms with E-state index in [4.69, 9.17) is 15.2 Å². The zero-order valence-electron chi connectivity index (χ0n) is 9.18. The van der Waals surface area contributed by atoms with Crippen LogP contribution in [0, 0.1) is 0 Å². The number of amides is 1. The highest BCUT2D eigenvalue weighted by molar-refractivity contribution is 7.80. The van der Waals surface area contributed by atoms with Crippen LogP contribution in [0.25, 0.3) is 0 Å². The van der Waals surface area contributed by atoms with Gasteiger partial charge in [0.05, 0.1) is 6.04 Å². The lowest BCUT2D eigenvalue weighted by atomic mass is 10.2. The van der Waals surface area contributed by atoms with Crippen LogP contribution < -0.4 is 20.5 Å². The van der Waals surface area contributed by atoms with Crippen molar-refractivity contribution in [3.8, 4) is 11.5 Å². The average molecular weight is 254 g/mol. The van der Waals surface area contributed by atoms with Crippen LogP contribution in [0.1, 0.15) is 5.56 Å². The minimum atomic E-state index is -0.577. The van der Waals surface area contributed by atoms with Gasteiger partial charge in [0.15, 0.2) is 11.5 Å². The lowest BCUT2D eigenvalue weighted by molar-refractivity contribution is -0.122. The molecule has 1 aliphatic rings. The molecule has 0 aliphatic carbocycles. The van der Waals surface area contributed by atoms with Gasteiger partial charge in [-0.05, 0) is 17.7 Å². The molecule has 17 heavy (non-hydrogen) atoms. The molecule has 1 aliphatic heterocycles. The van der Waals surface area contributed by atoms with E-state index >= 15 is 0 Å². The molecule has 1 heterocycles. The summed E-state index contributed by atoms with van der Waals surface area (Å²) in [5.41, 5.74) is 6.48. The number of rotatable bonds is 4. The highest BCUT2D eigenvalue weighted by Crippen LogP contribution is 2.32. The molecule has 1 atom stereocenters. The van der Waals surface area contributed by atoms with Crippen molar-refractivity contribution in [1.82, 2.24) is 5.32 Å². The summed E-state index contributed by atoms with van der Waals surface area (Å²) in [5, 5.41) is 2.73. The molecule has 5 nitrogen and oxygen atoms in total. The number of fused-ring (bicyclic) bond motifs is 1. The average Bonchev–Trinajstić information content (AvgIpc) is 2.82. The van der Waals surface area contributed by atoms with Gasteiger partial charge in [0.25, 0.3) is 0 Å². The Labute approximate surface area is 105 Å². The first-order valence-electron chi connectivity index (χ1n) is 5.23. The molecule has 0 spiro atoms. The lowest BCUT2D eigenvalue weighted by Gasteiger charge is -2.09. The molecule has 3 N–H and O–H groups in total. The van der Waals surface area contributed by atoms with E-state index in [1.807, 2.05) is 18.2 Å². The van der Waals surface area contributed by atoms with E-state index in [1.165, 1.54) is 0 Å². The van der Waals surface area contributed by atoms with Gasteiger partial charge < -0.3 is 20.5 Å². The summed E-state index contributed by atoms with van der Waals surface area (Å²) in [5.74, 6) is 1.55. The fourth-order valence-corrected chi connectivity index (χ4v) is 1.62. The van der Waals surface area contributed by atoms with Gasteiger partial charge in [-0.15, -0.1) is 0 Å². The van der Waals surface area contributed by atoms with Gasteiger partial charge in [-0.3, -0.25) is 4.79 Å². The summed E-state index contributed by atoms with van der Waals surface area (Å²) >= 11 is 3.97. The lowest BCUT2D eigenvalue weighted by Crippen LogP contribution is -2.41. The van der Waals surface area contributed by atoms with Crippen LogP contribution in [-0.4, -0.2) is 24.5 Å². The van der Waals surface area contributed by atoms with Crippen LogP contribution in [0.4, 0.5) is 0 Å². The molecule has 2 rings (SSSR count). The second-order valence-corrected chi connectivity index (χ2v) is 4.06. The van der Waals surface area contributed by atoms with E-state index in [0.29, 0.717) is 18.0 Å². The number of ether oxygens (including phenoxy) is 2. The van der Waals surface area contributed by atoms with Crippen molar-refractivity contribution in [3.63, 3.8) is 0 Å². The molecular weight excluding hydrogens is 240 g/mol. The zero-order chi connectivity index (χ0) is 12.3. The van der Waals surface area contributed by atoms with Crippen LogP contribution in [0.2, 0.25) is 0 Å². The number of hydrogen-bond donors (Lipinski definition) is 3. The number of hydrogen-bond acceptors (Lipinski definition) is 5. The minimum absolute atomic E-state index is 0.210. The van der Waals surface area contributed by atoms with E-state index in [1.54, 1.807) is 0 Å². The second-order valence-electron chi connectivity index (χ2n) is 3.69. The first kappa shape index (κ1) is 12.1. The number of thiol groups is 1. The Kier molecular flexibility index (Phi) is 3.75. The van der Waals surface area contributed by atoms with Gasteiger partial charge in [0, 0.05) is 12.3 Å². The summed E-state index contributed by atoms with van der Waals surface area (Å²) < 4.78 is 10.4. The zero-order valence-corrected chi connectivity index (χ0v) is 10.1. The molecule has 0 fully saturated rings. The quantitative estimate of drug-likeness (QED) is 0.675. The van der Waals surface area contributed by atoms with Gasteiger partial charge in [-0.1, -0.05) is 6.07 Å². The Morgan fingerprint density at radius 1 is 1.47 bits per heavy atom. The number of carbonyl (C=O) groups excluding carboxylic acids is 1. The molecule has 1 aromatic rings. The van der Waals surface area contributed by atoms with Crippen molar-refractivity contribution in [2.24, 2.45) is 5.73 Å². The molecule has 1 unspecified atom stereocenters. The van der Waals surface area contributed by atoms with E-state index < -0.39 is 6.04 Å². The summed E-state index contributed by atoms with van der Waals surface area (Å²) in [4.78, 5) is 11.4. The van der Waals surface area contributed by atoms with Crippen molar-refractivity contribution in [2.75, 3.05) is 12.5 Å². The van der Waals surface area contributed by atoms with Crippen molar-refractivity contribution < 1.29 is 14.3 Å². The maximum atomic E-state index is 11.4. The van der Waals surface area contributed by atoms with Gasteiger partial charge >= 0.3 is 0 Å². The Hall–Kier alpha value is -1.40. The standard InChI is InChI=1S/C11H14N2O3S/c12-8(5-17)11(14)13-4-7-1-2-9-10(3-7)16-6-15-9/h1-3,8,17H,4-6,12H2,(H,13,14). The topological polar surface area (TPSA) is 73.6 Å². The Bertz CT molecular complexity index is 425. The fraction of sp³-hybridized carbons (Fsp3) is 0.364. The van der Waals surface area contributed by atoms with Gasteiger partial charge in [-0.2, -0.15) is 12.6 Å². The molecule has 0 saturated heterocycles. The van der Waals surface area contributed by atoms with Crippen LogP contribution >= 0.6 is 12.6 Å². The van der Waals surface area contributed by atoms with Crippen molar-refractivity contribution >= 4 is 18.5 Å². The molecule has 1 amide bonds. The molecule has 6 heteroatoms. The molecule has 1 aromatic carbocycles. The molecule has 0 saturated carbocycles. The molecular formula is C11H14N2O3S.